The van der Waals surface area contributed by atoms with Gasteiger partial charge in [-0.05, 0) is 18.2 Å². The highest BCUT2D eigenvalue weighted by atomic mass is 35.5. The Morgan fingerprint density at radius 1 is 1.47 bits per heavy atom. The van der Waals surface area contributed by atoms with Gasteiger partial charge in [-0.3, -0.25) is 0 Å². The summed E-state index contributed by atoms with van der Waals surface area (Å²) in [5, 5.41) is 4.40. The Labute approximate surface area is 114 Å². The van der Waals surface area contributed by atoms with Gasteiger partial charge < -0.3 is 9.47 Å². The van der Waals surface area contributed by atoms with Crippen LogP contribution in [0.1, 0.15) is 10.4 Å². The Balaban J connectivity index is 1.96. The zero-order valence-electron chi connectivity index (χ0n) is 10.2. The molecule has 0 aliphatic carbocycles. The fourth-order valence-corrected chi connectivity index (χ4v) is 1.65. The zero-order chi connectivity index (χ0) is 13.7. The summed E-state index contributed by atoms with van der Waals surface area (Å²) in [4.78, 5) is 15.7. The third-order valence-corrected chi connectivity index (χ3v) is 2.64. The van der Waals surface area contributed by atoms with Gasteiger partial charge in [-0.25, -0.2) is 14.5 Å². The van der Waals surface area contributed by atoms with Gasteiger partial charge in [0, 0.05) is 5.02 Å². The molecule has 0 bridgehead atoms. The molecular formula is C12H12ClN3O3. The SMILES string of the molecule is COc1cc(Cl)ccc1C(=O)OCCn1cncn1. The Morgan fingerprint density at radius 3 is 3.00 bits per heavy atom. The number of carbonyl (C=O) groups is 1. The van der Waals surface area contributed by atoms with Crippen molar-refractivity contribution in [3.8, 4) is 5.75 Å². The summed E-state index contributed by atoms with van der Waals surface area (Å²) in [5.41, 5.74) is 0.338. The minimum atomic E-state index is -0.464. The highest BCUT2D eigenvalue weighted by Crippen LogP contribution is 2.23. The second-order valence-electron chi connectivity index (χ2n) is 3.64. The van der Waals surface area contributed by atoms with Crippen molar-refractivity contribution < 1.29 is 14.3 Å². The van der Waals surface area contributed by atoms with E-state index in [0.717, 1.165) is 0 Å². The lowest BCUT2D eigenvalue weighted by atomic mass is 10.2. The fourth-order valence-electron chi connectivity index (χ4n) is 1.49. The lowest BCUT2D eigenvalue weighted by Crippen LogP contribution is -2.12. The summed E-state index contributed by atoms with van der Waals surface area (Å²) in [6, 6.07) is 4.74. The first-order valence-electron chi connectivity index (χ1n) is 5.54. The Morgan fingerprint density at radius 2 is 2.32 bits per heavy atom. The van der Waals surface area contributed by atoms with Crippen LogP contribution in [0.15, 0.2) is 30.9 Å². The van der Waals surface area contributed by atoms with Gasteiger partial charge in [-0.1, -0.05) is 11.6 Å². The van der Waals surface area contributed by atoms with Gasteiger partial charge in [-0.2, -0.15) is 5.10 Å². The van der Waals surface area contributed by atoms with E-state index >= 15 is 0 Å². The van der Waals surface area contributed by atoms with Crippen LogP contribution in [-0.4, -0.2) is 34.5 Å². The molecule has 0 saturated carbocycles. The molecule has 1 heterocycles. The summed E-state index contributed by atoms with van der Waals surface area (Å²) in [5.74, 6) is -0.0770. The molecule has 0 spiro atoms. The molecule has 0 N–H and O–H groups in total. The van der Waals surface area contributed by atoms with Crippen LogP contribution in [0.5, 0.6) is 5.75 Å². The Bertz CT molecular complexity index is 557. The molecule has 0 radical (unpaired) electrons. The number of benzene rings is 1. The van der Waals surface area contributed by atoms with Crippen molar-refractivity contribution in [3.63, 3.8) is 0 Å². The van der Waals surface area contributed by atoms with Crippen LogP contribution in [0.3, 0.4) is 0 Å². The van der Waals surface area contributed by atoms with Crippen LogP contribution >= 0.6 is 11.6 Å². The summed E-state index contributed by atoms with van der Waals surface area (Å²) < 4.78 is 11.8. The smallest absolute Gasteiger partial charge is 0.341 e. The van der Waals surface area contributed by atoms with Crippen LogP contribution in [0.4, 0.5) is 0 Å². The van der Waals surface area contributed by atoms with Gasteiger partial charge in [0.15, 0.2) is 0 Å². The summed E-state index contributed by atoms with van der Waals surface area (Å²) in [7, 11) is 1.47. The van der Waals surface area contributed by atoms with E-state index in [4.69, 9.17) is 21.1 Å². The standard InChI is InChI=1S/C12H12ClN3O3/c1-18-11-6-9(13)2-3-10(11)12(17)19-5-4-16-8-14-7-15-16/h2-3,6-8H,4-5H2,1H3. The number of hydrogen-bond acceptors (Lipinski definition) is 5. The number of methoxy groups -OCH3 is 1. The third-order valence-electron chi connectivity index (χ3n) is 2.40. The number of halogens is 1. The van der Waals surface area contributed by atoms with Crippen molar-refractivity contribution in [1.29, 1.82) is 0 Å². The molecule has 1 aromatic heterocycles. The number of rotatable bonds is 5. The van der Waals surface area contributed by atoms with Crippen LogP contribution in [0.25, 0.3) is 0 Å². The second-order valence-corrected chi connectivity index (χ2v) is 4.08. The molecule has 1 aromatic carbocycles. The Hall–Kier alpha value is -2.08. The van der Waals surface area contributed by atoms with Crippen LogP contribution in [0, 0.1) is 0 Å². The van der Waals surface area contributed by atoms with Gasteiger partial charge in [0.2, 0.25) is 0 Å². The van der Waals surface area contributed by atoms with Crippen molar-refractivity contribution in [1.82, 2.24) is 14.8 Å². The van der Waals surface area contributed by atoms with Crippen LogP contribution in [-0.2, 0) is 11.3 Å². The zero-order valence-corrected chi connectivity index (χ0v) is 11.0. The van der Waals surface area contributed by atoms with Crippen LogP contribution < -0.4 is 4.74 Å². The van der Waals surface area contributed by atoms with E-state index in [0.29, 0.717) is 22.9 Å². The quantitative estimate of drug-likeness (QED) is 0.782. The van der Waals surface area contributed by atoms with Crippen molar-refractivity contribution in [2.24, 2.45) is 0 Å². The summed E-state index contributed by atoms with van der Waals surface area (Å²) >= 11 is 5.82. The molecule has 6 nitrogen and oxygen atoms in total. The lowest BCUT2D eigenvalue weighted by Gasteiger charge is -2.09. The number of nitrogens with zero attached hydrogens (tertiary/aromatic N) is 3. The first kappa shape index (κ1) is 13.4. The Kier molecular flexibility index (Phi) is 4.35. The first-order valence-corrected chi connectivity index (χ1v) is 5.91. The maximum atomic E-state index is 11.9. The fraction of sp³-hybridized carbons (Fsp3) is 0.250. The number of ether oxygens (including phenoxy) is 2. The molecule has 0 unspecified atom stereocenters. The summed E-state index contributed by atoms with van der Waals surface area (Å²) in [6.07, 6.45) is 2.97. The van der Waals surface area contributed by atoms with E-state index in [2.05, 4.69) is 10.1 Å². The highest BCUT2D eigenvalue weighted by Gasteiger charge is 2.13. The minimum absolute atomic E-state index is 0.202. The molecule has 7 heteroatoms. The molecule has 2 rings (SSSR count). The van der Waals surface area contributed by atoms with E-state index in [1.807, 2.05) is 0 Å². The van der Waals surface area contributed by atoms with Gasteiger partial charge in [0.05, 0.1) is 13.7 Å². The maximum Gasteiger partial charge on any atom is 0.341 e. The molecule has 2 aromatic rings. The maximum absolute atomic E-state index is 11.9. The highest BCUT2D eigenvalue weighted by molar-refractivity contribution is 6.30. The monoisotopic (exact) mass is 281 g/mol. The molecule has 100 valence electrons. The molecule has 0 fully saturated rings. The van der Waals surface area contributed by atoms with Crippen LogP contribution in [0.2, 0.25) is 5.02 Å². The van der Waals surface area contributed by atoms with E-state index in [9.17, 15) is 4.79 Å². The van der Waals surface area contributed by atoms with Crippen molar-refractivity contribution in [2.75, 3.05) is 13.7 Å². The molecular weight excluding hydrogens is 270 g/mol. The van der Waals surface area contributed by atoms with E-state index < -0.39 is 5.97 Å². The number of hydrogen-bond donors (Lipinski definition) is 0. The number of carbonyl (C=O) groups excluding carboxylic acids is 1. The van der Waals surface area contributed by atoms with Crippen molar-refractivity contribution >= 4 is 17.6 Å². The predicted molar refractivity (Wildman–Crippen MR) is 68.3 cm³/mol. The van der Waals surface area contributed by atoms with E-state index in [1.165, 1.54) is 13.4 Å². The molecule has 0 aliphatic rings. The second kappa shape index (κ2) is 6.19. The lowest BCUT2D eigenvalue weighted by molar-refractivity contribution is 0.0484. The van der Waals surface area contributed by atoms with Crippen molar-refractivity contribution in [3.05, 3.63) is 41.4 Å². The number of esters is 1. The minimum Gasteiger partial charge on any atom is -0.496 e. The van der Waals surface area contributed by atoms with E-state index in [1.54, 1.807) is 29.2 Å². The first-order chi connectivity index (χ1) is 9.20. The molecule has 0 atom stereocenters. The molecule has 0 saturated heterocycles. The predicted octanol–water partition coefficient (Wildman–Crippen LogP) is 1.80. The molecule has 0 aliphatic heterocycles. The van der Waals surface area contributed by atoms with Gasteiger partial charge in [0.25, 0.3) is 0 Å². The average molecular weight is 282 g/mol. The largest absolute Gasteiger partial charge is 0.496 e. The normalized spacial score (nSPS) is 10.2. The molecule has 19 heavy (non-hydrogen) atoms. The van der Waals surface area contributed by atoms with Crippen molar-refractivity contribution in [2.45, 2.75) is 6.54 Å². The molecule has 0 amide bonds. The summed E-state index contributed by atoms with van der Waals surface area (Å²) in [6.45, 7) is 0.648. The van der Waals surface area contributed by atoms with Gasteiger partial charge in [-0.15, -0.1) is 0 Å². The third kappa shape index (κ3) is 3.45. The van der Waals surface area contributed by atoms with Gasteiger partial charge >= 0.3 is 5.97 Å². The van der Waals surface area contributed by atoms with E-state index in [-0.39, 0.29) is 6.61 Å². The van der Waals surface area contributed by atoms with Gasteiger partial charge in [0.1, 0.15) is 30.6 Å². The number of aromatic nitrogens is 3. The average Bonchev–Trinajstić information content (AvgIpc) is 2.91. The topological polar surface area (TPSA) is 66.2 Å².